The number of hydrogen-bond acceptors (Lipinski definition) is 8. The average molecular weight is 977 g/mol. The summed E-state index contributed by atoms with van der Waals surface area (Å²) in [6.07, 6.45) is 0. The molecular weight excluding hydrogens is 925 g/mol. The topological polar surface area (TPSA) is 73.8 Å². The number of hydrogen-bond donors (Lipinski definition) is 0. The van der Waals surface area contributed by atoms with Gasteiger partial charge in [-0.3, -0.25) is 0 Å². The lowest BCUT2D eigenvalue weighted by Crippen LogP contribution is -2.35. The van der Waals surface area contributed by atoms with Crippen molar-refractivity contribution in [2.45, 2.75) is 5.41 Å². The quantitative estimate of drug-likeness (QED) is 0.0802. The monoisotopic (exact) mass is 976 g/mol. The number of methoxy groups -OCH3 is 8. The Hall–Kier alpha value is -6.97. The first-order valence-electron chi connectivity index (χ1n) is 22.2. The lowest BCUT2D eigenvalue weighted by atomic mass is 9.65. The molecule has 8 radical (unpaired) electrons. The minimum atomic E-state index is -0.741. The molecule has 0 heterocycles. The Bertz CT molecular complexity index is 2570. The van der Waals surface area contributed by atoms with E-state index in [2.05, 4.69) is 121 Å². The van der Waals surface area contributed by atoms with Crippen LogP contribution < -0.4 is 79.4 Å². The molecule has 0 amide bonds. The van der Waals surface area contributed by atoms with Crippen LogP contribution >= 0.6 is 0 Å². The molecule has 0 aliphatic rings. The molecule has 0 aromatic heterocycles. The van der Waals surface area contributed by atoms with Gasteiger partial charge >= 0.3 is 0 Å². The van der Waals surface area contributed by atoms with Crippen molar-refractivity contribution in [2.75, 3.05) is 56.9 Å². The van der Waals surface area contributed by atoms with Crippen LogP contribution in [-0.4, -0.2) is 95.0 Å². The summed E-state index contributed by atoms with van der Waals surface area (Å²) in [5.41, 5.74) is 3.79. The van der Waals surface area contributed by atoms with Crippen molar-refractivity contribution in [1.82, 2.24) is 0 Å². The summed E-state index contributed by atoms with van der Waals surface area (Å²) >= 11 is 0. The predicted molar refractivity (Wildman–Crippen MR) is 283 cm³/mol. The third-order valence-corrected chi connectivity index (χ3v) is 17.1. The Morgan fingerprint density at radius 3 is 0.623 bits per heavy atom. The Kier molecular flexibility index (Phi) is 15.8. The van der Waals surface area contributed by atoms with Crippen molar-refractivity contribution in [2.24, 2.45) is 0 Å². The molecule has 8 aromatic rings. The maximum absolute atomic E-state index is 5.85. The van der Waals surface area contributed by atoms with Gasteiger partial charge in [0.25, 0.3) is 0 Å². The molecule has 8 rings (SSSR count). The first kappa shape index (κ1) is 48.5. The molecule has 0 saturated carbocycles. The fourth-order valence-electron chi connectivity index (χ4n) is 8.78. The molecule has 0 bridgehead atoms. The van der Waals surface area contributed by atoms with Gasteiger partial charge in [0, 0.05) is 0 Å². The van der Waals surface area contributed by atoms with Crippen LogP contribution in [0, 0.1) is 0 Å². The zero-order valence-corrected chi connectivity index (χ0v) is 43.9. The molecule has 0 saturated heterocycles. The number of ether oxygens (including phenoxy) is 8. The summed E-state index contributed by atoms with van der Waals surface area (Å²) in [6, 6.07) is 60.5. The van der Waals surface area contributed by atoms with E-state index < -0.39 is 5.41 Å². The molecule has 69 heavy (non-hydrogen) atoms. The molecule has 12 heteroatoms. The molecule has 0 N–H and O–H groups in total. The molecule has 8 aromatic carbocycles. The van der Waals surface area contributed by atoms with Gasteiger partial charge in [-0.1, -0.05) is 166 Å². The van der Waals surface area contributed by atoms with Gasteiger partial charge in [0.15, 0.2) is 46.0 Å². The van der Waals surface area contributed by atoms with Crippen LogP contribution in [0.5, 0.6) is 46.0 Å². The van der Waals surface area contributed by atoms with Crippen LogP contribution in [0.1, 0.15) is 22.3 Å². The van der Waals surface area contributed by atoms with E-state index in [0.29, 0.717) is 38.1 Å². The Morgan fingerprint density at radius 2 is 0.449 bits per heavy atom. The summed E-state index contributed by atoms with van der Waals surface area (Å²) in [6.45, 7) is 0. The highest BCUT2D eigenvalue weighted by atomic mass is 28.2. The average Bonchev–Trinajstić information content (AvgIpc) is 3.40. The van der Waals surface area contributed by atoms with E-state index in [9.17, 15) is 0 Å². The fourth-order valence-corrected chi connectivity index (χ4v) is 13.4. The van der Waals surface area contributed by atoms with Gasteiger partial charge in [-0.25, -0.2) is 0 Å². The lowest BCUT2D eigenvalue weighted by Gasteiger charge is -2.37. The second-order valence-electron chi connectivity index (χ2n) is 15.7. The molecule has 0 aliphatic carbocycles. The summed E-state index contributed by atoms with van der Waals surface area (Å²) in [5, 5.41) is 9.01. The maximum Gasteiger partial charge on any atom is 0.160 e. The van der Waals surface area contributed by atoms with E-state index >= 15 is 0 Å². The molecule has 0 unspecified atom stereocenters. The molecule has 8 nitrogen and oxygen atoms in total. The maximum atomic E-state index is 5.85. The van der Waals surface area contributed by atoms with E-state index in [1.807, 2.05) is 48.5 Å². The fraction of sp³-hybridized carbons (Fsp3) is 0.158. The van der Waals surface area contributed by atoms with E-state index in [0.717, 1.165) is 89.0 Å². The van der Waals surface area contributed by atoms with Crippen molar-refractivity contribution < 1.29 is 37.9 Å². The first-order chi connectivity index (χ1) is 33.8. The van der Waals surface area contributed by atoms with Gasteiger partial charge in [-0.05, 0) is 67.3 Å². The minimum absolute atomic E-state index is 0.347. The molecule has 0 atom stereocenters. The summed E-state index contributed by atoms with van der Waals surface area (Å²) in [7, 11) is 14.9. The van der Waals surface area contributed by atoms with Gasteiger partial charge in [0.2, 0.25) is 0 Å². The number of rotatable bonds is 20. The standard InChI is InChI=1S/C57H52O8Si4/c1-58-45-13-9-17-49(53(45)62-5)66-41-29-21-37(22-30-41)57(38-23-31-42(32-24-38)67-50-18-10-14-46(59-2)54(50)63-6,39-25-33-43(34-26-39)68-51-19-11-15-47(60-3)55(51)64-7)40-27-35-44(36-28-40)69-52-20-12-16-48(61-4)56(52)65-8/h9-36H,1-8H3. The summed E-state index contributed by atoms with van der Waals surface area (Å²) in [4.78, 5) is 0. The zero-order valence-electron chi connectivity index (χ0n) is 39.9. The smallest absolute Gasteiger partial charge is 0.160 e. The highest BCUT2D eigenvalue weighted by molar-refractivity contribution is 6.69. The van der Waals surface area contributed by atoms with E-state index in [-0.39, 0.29) is 0 Å². The zero-order chi connectivity index (χ0) is 48.3. The third kappa shape index (κ3) is 10.1. The van der Waals surface area contributed by atoms with Gasteiger partial charge in [0.05, 0.1) is 62.3 Å². The van der Waals surface area contributed by atoms with Gasteiger partial charge in [0.1, 0.15) is 38.1 Å². The first-order valence-corrected chi connectivity index (χ1v) is 26.2. The lowest BCUT2D eigenvalue weighted by molar-refractivity contribution is 0.357. The third-order valence-electron chi connectivity index (χ3n) is 12.0. The van der Waals surface area contributed by atoms with Gasteiger partial charge in [-0.15, -0.1) is 0 Å². The Labute approximate surface area is 415 Å². The molecule has 0 fully saturated rings. The Morgan fingerprint density at radius 1 is 0.246 bits per heavy atom. The van der Waals surface area contributed by atoms with Gasteiger partial charge in [-0.2, -0.15) is 0 Å². The van der Waals surface area contributed by atoms with E-state index in [1.165, 1.54) is 20.7 Å². The number of para-hydroxylation sites is 4. The Balaban J connectivity index is 1.28. The van der Waals surface area contributed by atoms with Crippen molar-refractivity contribution in [1.29, 1.82) is 0 Å². The van der Waals surface area contributed by atoms with Crippen molar-refractivity contribution in [3.8, 4) is 46.0 Å². The minimum Gasteiger partial charge on any atom is -0.493 e. The van der Waals surface area contributed by atoms with E-state index in [4.69, 9.17) is 37.9 Å². The highest BCUT2D eigenvalue weighted by Crippen LogP contribution is 2.44. The normalized spacial score (nSPS) is 11.1. The largest absolute Gasteiger partial charge is 0.493 e. The van der Waals surface area contributed by atoms with Crippen LogP contribution in [0.25, 0.3) is 0 Å². The molecule has 0 spiro atoms. The van der Waals surface area contributed by atoms with E-state index in [1.54, 1.807) is 56.9 Å². The molecule has 344 valence electrons. The van der Waals surface area contributed by atoms with Crippen LogP contribution in [0.4, 0.5) is 0 Å². The van der Waals surface area contributed by atoms with Crippen molar-refractivity contribution in [3.05, 3.63) is 192 Å². The van der Waals surface area contributed by atoms with Gasteiger partial charge < -0.3 is 37.9 Å². The van der Waals surface area contributed by atoms with Crippen LogP contribution in [0.2, 0.25) is 0 Å². The summed E-state index contributed by atoms with van der Waals surface area (Å²) < 4.78 is 46.0. The predicted octanol–water partition coefficient (Wildman–Crippen LogP) is 4.76. The number of benzene rings is 8. The molecular formula is C57H52O8Si4. The molecule has 0 aliphatic heterocycles. The van der Waals surface area contributed by atoms with Crippen molar-refractivity contribution >= 4 is 79.6 Å². The second-order valence-corrected chi connectivity index (χ2v) is 21.2. The van der Waals surface area contributed by atoms with Crippen LogP contribution in [0.15, 0.2) is 170 Å². The highest BCUT2D eigenvalue weighted by Gasteiger charge is 2.39. The summed E-state index contributed by atoms with van der Waals surface area (Å²) in [5.74, 6) is 5.88. The van der Waals surface area contributed by atoms with Crippen molar-refractivity contribution in [3.63, 3.8) is 0 Å². The van der Waals surface area contributed by atoms with Crippen LogP contribution in [-0.2, 0) is 5.41 Å². The SMILES string of the molecule is COc1cccc([Si]c2ccc(C(c3ccc([Si]c4cccc(OC)c4OC)cc3)(c3ccc([Si]c4cccc(OC)c4OC)cc3)c3ccc([Si]c4cccc(OC)c4OC)cc3)cc2)c1OC. The van der Waals surface area contributed by atoms with Crippen LogP contribution in [0.3, 0.4) is 0 Å². The second kappa shape index (κ2) is 22.4.